The number of rotatable bonds is 6. The first-order valence-corrected chi connectivity index (χ1v) is 8.03. The predicted octanol–water partition coefficient (Wildman–Crippen LogP) is 2.03. The van der Waals surface area contributed by atoms with Crippen molar-refractivity contribution < 1.29 is 28.6 Å². The fraction of sp³-hybridized carbons (Fsp3) is 0.150. The molecule has 0 fully saturated rings. The van der Waals surface area contributed by atoms with Gasteiger partial charge in [-0.15, -0.1) is 0 Å². The van der Waals surface area contributed by atoms with Crippen molar-refractivity contribution in [3.63, 3.8) is 0 Å². The van der Waals surface area contributed by atoms with Gasteiger partial charge in [-0.05, 0) is 23.8 Å². The number of ether oxygens (including phenoxy) is 3. The number of methoxy groups -OCH3 is 2. The molecule has 0 bridgehead atoms. The van der Waals surface area contributed by atoms with Gasteiger partial charge >= 0.3 is 0 Å². The first kappa shape index (κ1) is 18.2. The Morgan fingerprint density at radius 1 is 1.00 bits per heavy atom. The molecule has 0 unspecified atom stereocenters. The monoisotopic (exact) mass is 367 g/mol. The second kappa shape index (κ2) is 7.33. The highest BCUT2D eigenvalue weighted by Crippen LogP contribution is 2.39. The zero-order valence-corrected chi connectivity index (χ0v) is 14.8. The van der Waals surface area contributed by atoms with E-state index in [0.29, 0.717) is 16.7 Å². The quantitative estimate of drug-likeness (QED) is 0.619. The molecule has 1 aliphatic rings. The van der Waals surface area contributed by atoms with Gasteiger partial charge in [0.05, 0.1) is 19.8 Å². The summed E-state index contributed by atoms with van der Waals surface area (Å²) in [6, 6.07) is 9.83. The maximum Gasteiger partial charge on any atom is 0.255 e. The van der Waals surface area contributed by atoms with Crippen LogP contribution >= 0.6 is 0 Å². The Hall–Kier alpha value is -3.61. The number of Topliss-reactive ketones (excluding diaryl/α,β-unsaturated/α-hetero) is 2. The van der Waals surface area contributed by atoms with Crippen molar-refractivity contribution in [2.24, 2.45) is 5.73 Å². The zero-order valence-electron chi connectivity index (χ0n) is 14.8. The molecule has 0 aliphatic heterocycles. The molecule has 1 aliphatic carbocycles. The number of carbonyl (C=O) groups excluding carboxylic acids is 3. The number of ketones is 2. The largest absolute Gasteiger partial charge is 0.493 e. The maximum atomic E-state index is 12.5. The maximum absolute atomic E-state index is 12.5. The molecule has 0 heterocycles. The highest BCUT2D eigenvalue weighted by molar-refractivity contribution is 6.41. The first-order chi connectivity index (χ1) is 13.0. The second-order valence-electron chi connectivity index (χ2n) is 5.77. The van der Waals surface area contributed by atoms with Crippen molar-refractivity contribution in [1.82, 2.24) is 0 Å². The molecule has 7 nitrogen and oxygen atoms in total. The third kappa shape index (κ3) is 3.39. The summed E-state index contributed by atoms with van der Waals surface area (Å²) in [6.07, 6.45) is 1.48. The highest BCUT2D eigenvalue weighted by atomic mass is 16.5. The van der Waals surface area contributed by atoms with Crippen LogP contribution in [0.15, 0.2) is 42.0 Å². The molecular formula is C20H17NO6. The zero-order chi connectivity index (χ0) is 19.6. The van der Waals surface area contributed by atoms with E-state index in [1.54, 1.807) is 36.4 Å². The van der Waals surface area contributed by atoms with E-state index in [9.17, 15) is 14.4 Å². The Morgan fingerprint density at radius 3 is 1.96 bits per heavy atom. The summed E-state index contributed by atoms with van der Waals surface area (Å²) in [5, 5.41) is 0. The average Bonchev–Trinajstić information content (AvgIpc) is 2.91. The molecule has 2 aromatic carbocycles. The van der Waals surface area contributed by atoms with Crippen molar-refractivity contribution in [3.8, 4) is 17.2 Å². The van der Waals surface area contributed by atoms with E-state index >= 15 is 0 Å². The minimum atomic E-state index is -0.648. The molecule has 1 amide bonds. The standard InChI is InChI=1S/C20H17NO6/c1-25-15-8-11(9-16(26-2)20(15)27-10-17(21)22)7-14-18(23)12-5-3-4-6-13(12)19(14)24/h3-9H,10H2,1-2H3,(H2,21,22). The second-order valence-corrected chi connectivity index (χ2v) is 5.77. The van der Waals surface area contributed by atoms with Gasteiger partial charge in [0.2, 0.25) is 5.75 Å². The Morgan fingerprint density at radius 2 is 1.52 bits per heavy atom. The minimum absolute atomic E-state index is 0.0612. The fourth-order valence-corrected chi connectivity index (χ4v) is 2.84. The van der Waals surface area contributed by atoms with E-state index in [0.717, 1.165) is 0 Å². The van der Waals surface area contributed by atoms with Crippen LogP contribution in [0.3, 0.4) is 0 Å². The van der Waals surface area contributed by atoms with Gasteiger partial charge in [0.1, 0.15) is 0 Å². The molecular weight excluding hydrogens is 350 g/mol. The molecule has 0 aromatic heterocycles. The SMILES string of the molecule is COc1cc(C=C2C(=O)c3ccccc3C2=O)cc(OC)c1OCC(N)=O. The summed E-state index contributed by atoms with van der Waals surface area (Å²) in [6.45, 7) is -0.348. The number of hydrogen-bond donors (Lipinski definition) is 1. The number of fused-ring (bicyclic) bond motifs is 1. The predicted molar refractivity (Wildman–Crippen MR) is 97.3 cm³/mol. The smallest absolute Gasteiger partial charge is 0.255 e. The molecule has 0 spiro atoms. The van der Waals surface area contributed by atoms with Gasteiger partial charge in [-0.3, -0.25) is 14.4 Å². The Kier molecular flexibility index (Phi) is 4.94. The van der Waals surface area contributed by atoms with Gasteiger partial charge in [-0.1, -0.05) is 24.3 Å². The van der Waals surface area contributed by atoms with Crippen LogP contribution in [0, 0.1) is 0 Å². The van der Waals surface area contributed by atoms with Crippen LogP contribution in [-0.2, 0) is 4.79 Å². The van der Waals surface area contributed by atoms with Crippen LogP contribution in [0.2, 0.25) is 0 Å². The summed E-state index contributed by atoms with van der Waals surface area (Å²) >= 11 is 0. The summed E-state index contributed by atoms with van der Waals surface area (Å²) in [5.41, 5.74) is 6.45. The van der Waals surface area contributed by atoms with Gasteiger partial charge in [0.15, 0.2) is 29.7 Å². The van der Waals surface area contributed by atoms with E-state index in [1.165, 1.54) is 20.3 Å². The Bertz CT molecular complexity index is 914. The van der Waals surface area contributed by atoms with E-state index in [4.69, 9.17) is 19.9 Å². The summed E-state index contributed by atoms with van der Waals surface area (Å²) in [4.78, 5) is 36.1. The Balaban J connectivity index is 2.03. The average molecular weight is 367 g/mol. The molecule has 0 radical (unpaired) electrons. The number of allylic oxidation sites excluding steroid dienone is 1. The lowest BCUT2D eigenvalue weighted by atomic mass is 10.1. The van der Waals surface area contributed by atoms with Crippen molar-refractivity contribution in [1.29, 1.82) is 0 Å². The molecule has 2 N–H and O–H groups in total. The van der Waals surface area contributed by atoms with Crippen molar-refractivity contribution in [2.45, 2.75) is 0 Å². The van der Waals surface area contributed by atoms with Crippen molar-refractivity contribution in [2.75, 3.05) is 20.8 Å². The molecule has 0 saturated heterocycles. The topological polar surface area (TPSA) is 105 Å². The van der Waals surface area contributed by atoms with Gasteiger partial charge < -0.3 is 19.9 Å². The lowest BCUT2D eigenvalue weighted by Gasteiger charge is -2.14. The van der Waals surface area contributed by atoms with E-state index in [-0.39, 0.29) is 41.0 Å². The molecule has 7 heteroatoms. The van der Waals surface area contributed by atoms with Crippen LogP contribution in [-0.4, -0.2) is 38.3 Å². The van der Waals surface area contributed by atoms with E-state index < -0.39 is 5.91 Å². The first-order valence-electron chi connectivity index (χ1n) is 8.03. The highest BCUT2D eigenvalue weighted by Gasteiger charge is 2.32. The van der Waals surface area contributed by atoms with E-state index in [2.05, 4.69) is 0 Å². The van der Waals surface area contributed by atoms with Crippen LogP contribution < -0.4 is 19.9 Å². The molecule has 0 saturated carbocycles. The molecule has 2 aromatic rings. The number of benzene rings is 2. The number of amides is 1. The summed E-state index contributed by atoms with van der Waals surface area (Å²) in [5.74, 6) is -0.556. The van der Waals surface area contributed by atoms with Crippen molar-refractivity contribution >= 4 is 23.5 Å². The van der Waals surface area contributed by atoms with Crippen LogP contribution in [0.1, 0.15) is 26.3 Å². The molecule has 27 heavy (non-hydrogen) atoms. The lowest BCUT2D eigenvalue weighted by Crippen LogP contribution is -2.20. The van der Waals surface area contributed by atoms with E-state index in [1.807, 2.05) is 0 Å². The van der Waals surface area contributed by atoms with Gasteiger partial charge in [-0.25, -0.2) is 0 Å². The van der Waals surface area contributed by atoms with Gasteiger partial charge in [0, 0.05) is 11.1 Å². The number of hydrogen-bond acceptors (Lipinski definition) is 6. The number of nitrogens with two attached hydrogens (primary N) is 1. The number of primary amides is 1. The summed E-state index contributed by atoms with van der Waals surface area (Å²) < 4.78 is 15.9. The van der Waals surface area contributed by atoms with Crippen molar-refractivity contribution in [3.05, 3.63) is 58.7 Å². The Labute approximate surface area is 155 Å². The van der Waals surface area contributed by atoms with Gasteiger partial charge in [0.25, 0.3) is 5.91 Å². The summed E-state index contributed by atoms with van der Waals surface area (Å²) in [7, 11) is 2.84. The molecule has 3 rings (SSSR count). The third-order valence-corrected chi connectivity index (χ3v) is 4.06. The van der Waals surface area contributed by atoms with Crippen LogP contribution in [0.25, 0.3) is 6.08 Å². The third-order valence-electron chi connectivity index (χ3n) is 4.06. The number of carbonyl (C=O) groups is 3. The van der Waals surface area contributed by atoms with Crippen LogP contribution in [0.5, 0.6) is 17.2 Å². The molecule has 0 atom stereocenters. The normalized spacial score (nSPS) is 12.6. The van der Waals surface area contributed by atoms with Crippen LogP contribution in [0.4, 0.5) is 0 Å². The minimum Gasteiger partial charge on any atom is -0.493 e. The van der Waals surface area contributed by atoms with Gasteiger partial charge in [-0.2, -0.15) is 0 Å². The molecule has 138 valence electrons. The fourth-order valence-electron chi connectivity index (χ4n) is 2.84. The lowest BCUT2D eigenvalue weighted by molar-refractivity contribution is -0.120.